The van der Waals surface area contributed by atoms with E-state index in [9.17, 15) is 4.39 Å². The Hall–Kier alpha value is -2.41. The normalized spacial score (nSPS) is 17.5. The molecule has 1 fully saturated rings. The van der Waals surface area contributed by atoms with Gasteiger partial charge in [-0.1, -0.05) is 12.1 Å². The number of nitrogen functional groups attached to an aromatic ring is 2. The first-order valence-electron chi connectivity index (χ1n) is 7.01. The zero-order chi connectivity index (χ0) is 15.9. The molecule has 1 aliphatic rings. The Balaban J connectivity index is 0.000000188. The predicted octanol–water partition coefficient (Wildman–Crippen LogP) is 1.69. The summed E-state index contributed by atoms with van der Waals surface area (Å²) < 4.78 is 17.3. The van der Waals surface area contributed by atoms with Crippen LogP contribution in [-0.4, -0.2) is 35.8 Å². The Kier molecular flexibility index (Phi) is 5.48. The van der Waals surface area contributed by atoms with Gasteiger partial charge in [0.1, 0.15) is 17.5 Å². The third-order valence-electron chi connectivity index (χ3n) is 3.15. The van der Waals surface area contributed by atoms with E-state index in [-0.39, 0.29) is 5.82 Å². The summed E-state index contributed by atoms with van der Waals surface area (Å²) in [4.78, 5) is 9.80. The number of nitrogens with two attached hydrogens (primary N) is 2. The third-order valence-corrected chi connectivity index (χ3v) is 3.15. The number of hydrogen-bond donors (Lipinski definition) is 2. The van der Waals surface area contributed by atoms with Crippen LogP contribution in [0.15, 0.2) is 36.4 Å². The predicted molar refractivity (Wildman–Crippen MR) is 84.9 cm³/mol. The number of morpholine rings is 1. The Morgan fingerprint density at radius 2 is 1.82 bits per heavy atom. The molecule has 2 aromatic rings. The molecule has 1 aliphatic heterocycles. The van der Waals surface area contributed by atoms with Crippen LogP contribution in [0.1, 0.15) is 6.92 Å². The van der Waals surface area contributed by atoms with Gasteiger partial charge in [0.2, 0.25) is 5.95 Å². The van der Waals surface area contributed by atoms with Crippen molar-refractivity contribution >= 4 is 17.5 Å². The molecule has 0 radical (unpaired) electrons. The van der Waals surface area contributed by atoms with Crippen LogP contribution >= 0.6 is 0 Å². The van der Waals surface area contributed by atoms with Gasteiger partial charge in [0.05, 0.1) is 19.3 Å². The van der Waals surface area contributed by atoms with Crippen molar-refractivity contribution in [3.8, 4) is 0 Å². The minimum absolute atomic E-state index is 0.213. The van der Waals surface area contributed by atoms with E-state index >= 15 is 0 Å². The maximum Gasteiger partial charge on any atom is 0.214 e. The minimum Gasteiger partial charge on any atom is -0.384 e. The van der Waals surface area contributed by atoms with Crippen molar-refractivity contribution in [1.82, 2.24) is 9.97 Å². The van der Waals surface area contributed by atoms with Gasteiger partial charge in [-0.25, -0.2) is 9.97 Å². The van der Waals surface area contributed by atoms with Gasteiger partial charge in [-0.05, 0) is 31.2 Å². The molecule has 7 heteroatoms. The molecule has 0 bridgehead atoms. The molecular weight excluding hydrogens is 285 g/mol. The van der Waals surface area contributed by atoms with Gasteiger partial charge in [0.15, 0.2) is 0 Å². The lowest BCUT2D eigenvalue weighted by molar-refractivity contribution is 0.0985. The average Bonchev–Trinajstić information content (AvgIpc) is 2.48. The fourth-order valence-corrected chi connectivity index (χ4v) is 2.09. The van der Waals surface area contributed by atoms with E-state index in [4.69, 9.17) is 16.2 Å². The van der Waals surface area contributed by atoms with Gasteiger partial charge >= 0.3 is 0 Å². The molecule has 0 aromatic carbocycles. The Morgan fingerprint density at radius 3 is 2.36 bits per heavy atom. The number of halogens is 1. The van der Waals surface area contributed by atoms with Gasteiger partial charge in [0, 0.05) is 6.54 Å². The van der Waals surface area contributed by atoms with Crippen LogP contribution in [0.25, 0.3) is 0 Å². The lowest BCUT2D eigenvalue weighted by Crippen LogP contribution is -2.44. The van der Waals surface area contributed by atoms with Crippen molar-refractivity contribution < 1.29 is 9.13 Å². The number of aromatic nitrogens is 2. The summed E-state index contributed by atoms with van der Waals surface area (Å²) in [6.07, 6.45) is 0. The van der Waals surface area contributed by atoms with Crippen LogP contribution in [-0.2, 0) is 4.74 Å². The lowest BCUT2D eigenvalue weighted by Gasteiger charge is -2.34. The molecule has 1 atom stereocenters. The molecule has 118 valence electrons. The van der Waals surface area contributed by atoms with E-state index in [1.807, 2.05) is 12.1 Å². The van der Waals surface area contributed by atoms with E-state index < -0.39 is 5.95 Å². The van der Waals surface area contributed by atoms with Crippen molar-refractivity contribution in [1.29, 1.82) is 0 Å². The van der Waals surface area contributed by atoms with Crippen LogP contribution < -0.4 is 16.4 Å². The van der Waals surface area contributed by atoms with E-state index in [1.54, 1.807) is 6.07 Å². The Labute approximate surface area is 128 Å². The summed E-state index contributed by atoms with van der Waals surface area (Å²) in [5.41, 5.74) is 10.7. The lowest BCUT2D eigenvalue weighted by atomic mass is 10.2. The van der Waals surface area contributed by atoms with Crippen molar-refractivity contribution in [3.63, 3.8) is 0 Å². The van der Waals surface area contributed by atoms with Crippen LogP contribution in [0.3, 0.4) is 0 Å². The smallest absolute Gasteiger partial charge is 0.214 e. The zero-order valence-corrected chi connectivity index (χ0v) is 12.4. The summed E-state index contributed by atoms with van der Waals surface area (Å²) in [6.45, 7) is 4.54. The van der Waals surface area contributed by atoms with E-state index in [1.165, 1.54) is 18.2 Å². The molecule has 22 heavy (non-hydrogen) atoms. The number of pyridine rings is 2. The van der Waals surface area contributed by atoms with Gasteiger partial charge in [-0.15, -0.1) is 0 Å². The fraction of sp³-hybridized carbons (Fsp3) is 0.333. The highest BCUT2D eigenvalue weighted by atomic mass is 19.1. The summed E-state index contributed by atoms with van der Waals surface area (Å²) in [6, 6.07) is 10.4. The maximum atomic E-state index is 12.0. The second-order valence-corrected chi connectivity index (χ2v) is 4.92. The van der Waals surface area contributed by atoms with Crippen LogP contribution in [0.2, 0.25) is 0 Å². The molecule has 0 saturated carbocycles. The quantitative estimate of drug-likeness (QED) is 0.779. The highest BCUT2D eigenvalue weighted by Crippen LogP contribution is 2.17. The first-order valence-corrected chi connectivity index (χ1v) is 7.01. The van der Waals surface area contributed by atoms with Crippen LogP contribution in [0.4, 0.5) is 21.8 Å². The average molecular weight is 305 g/mol. The first-order chi connectivity index (χ1) is 10.6. The van der Waals surface area contributed by atoms with Crippen molar-refractivity contribution in [2.75, 3.05) is 36.1 Å². The molecule has 2 aromatic heterocycles. The Morgan fingerprint density at radius 1 is 1.14 bits per heavy atom. The molecular formula is C15H20FN5O. The minimum atomic E-state index is -0.537. The van der Waals surface area contributed by atoms with Gasteiger partial charge in [-0.2, -0.15) is 4.39 Å². The Bertz CT molecular complexity index is 593. The standard InChI is InChI=1S/C10H15N3O.C5H5FN2/c1-8-7-14-6-5-13(8)10-4-2-3-9(11)12-10;6-4-2-1-3-5(7)8-4/h2-4,8H,5-7H2,1H3,(H2,11,12);1-3H,(H2,7,8). The number of anilines is 3. The molecule has 0 spiro atoms. The monoisotopic (exact) mass is 305 g/mol. The number of hydrogen-bond acceptors (Lipinski definition) is 6. The molecule has 3 rings (SSSR count). The molecule has 1 saturated heterocycles. The van der Waals surface area contributed by atoms with Gasteiger partial charge < -0.3 is 21.1 Å². The summed E-state index contributed by atoms with van der Waals surface area (Å²) in [5, 5.41) is 0. The summed E-state index contributed by atoms with van der Waals surface area (Å²) in [7, 11) is 0. The second kappa shape index (κ2) is 7.56. The number of nitrogens with zero attached hydrogens (tertiary/aromatic N) is 3. The molecule has 0 aliphatic carbocycles. The topological polar surface area (TPSA) is 90.3 Å². The van der Waals surface area contributed by atoms with Crippen molar-refractivity contribution in [3.05, 3.63) is 42.3 Å². The summed E-state index contributed by atoms with van der Waals surface area (Å²) >= 11 is 0. The van der Waals surface area contributed by atoms with Crippen LogP contribution in [0.5, 0.6) is 0 Å². The van der Waals surface area contributed by atoms with Crippen molar-refractivity contribution in [2.24, 2.45) is 0 Å². The highest BCUT2D eigenvalue weighted by Gasteiger charge is 2.19. The molecule has 0 amide bonds. The van der Waals surface area contributed by atoms with E-state index in [0.29, 0.717) is 11.9 Å². The maximum absolute atomic E-state index is 12.0. The van der Waals surface area contributed by atoms with Crippen LogP contribution in [0, 0.1) is 5.95 Å². The molecule has 4 N–H and O–H groups in total. The fourth-order valence-electron chi connectivity index (χ4n) is 2.09. The number of rotatable bonds is 1. The van der Waals surface area contributed by atoms with Crippen molar-refractivity contribution in [2.45, 2.75) is 13.0 Å². The summed E-state index contributed by atoms with van der Waals surface area (Å²) in [5.74, 6) is 1.19. The first kappa shape index (κ1) is 16.0. The van der Waals surface area contributed by atoms with E-state index in [0.717, 1.165) is 25.6 Å². The highest BCUT2D eigenvalue weighted by molar-refractivity contribution is 5.45. The molecule has 1 unspecified atom stereocenters. The largest absolute Gasteiger partial charge is 0.384 e. The zero-order valence-electron chi connectivity index (χ0n) is 12.4. The molecule has 3 heterocycles. The number of ether oxygens (including phenoxy) is 1. The second-order valence-electron chi connectivity index (χ2n) is 4.92. The SMILES string of the molecule is CC1COCCN1c1cccc(N)n1.Nc1cccc(F)n1. The third kappa shape index (κ3) is 4.56. The van der Waals surface area contributed by atoms with Gasteiger partial charge in [-0.3, -0.25) is 0 Å². The van der Waals surface area contributed by atoms with E-state index in [2.05, 4.69) is 21.8 Å². The molecule has 6 nitrogen and oxygen atoms in total. The van der Waals surface area contributed by atoms with Gasteiger partial charge in [0.25, 0.3) is 0 Å².